The standard InChI is InChI=1S/C33H40N2O2/c1-6-11-26-16-19-31(32(23-26)36-5)37-21-10-9-20-35-30-13-8-7-12-29(30)34-33(35)25(4)28-17-14-27(15-18-28)22-24(2)3/h6-8,12-19,23-25H,1,9-11,20-22H2,2-5H3. The average molecular weight is 497 g/mol. The Morgan fingerprint density at radius 2 is 1.68 bits per heavy atom. The molecule has 0 bridgehead atoms. The molecule has 194 valence electrons. The van der Waals surface area contributed by atoms with E-state index in [1.54, 1.807) is 7.11 Å². The molecule has 0 spiro atoms. The molecule has 4 rings (SSSR count). The van der Waals surface area contributed by atoms with Gasteiger partial charge in [0.05, 0.1) is 24.8 Å². The molecule has 1 aromatic heterocycles. The van der Waals surface area contributed by atoms with Gasteiger partial charge in [-0.1, -0.05) is 69.3 Å². The number of ether oxygens (including phenoxy) is 2. The van der Waals surface area contributed by atoms with Crippen LogP contribution in [-0.2, 0) is 19.4 Å². The molecule has 4 heteroatoms. The maximum absolute atomic E-state index is 6.08. The first-order valence-electron chi connectivity index (χ1n) is 13.4. The van der Waals surface area contributed by atoms with Crippen LogP contribution in [-0.4, -0.2) is 23.3 Å². The third-order valence-electron chi connectivity index (χ3n) is 6.84. The zero-order valence-electron chi connectivity index (χ0n) is 22.7. The van der Waals surface area contributed by atoms with Crippen LogP contribution in [0.4, 0.5) is 0 Å². The quantitative estimate of drug-likeness (QED) is 0.139. The highest BCUT2D eigenvalue weighted by molar-refractivity contribution is 5.76. The Morgan fingerprint density at radius 1 is 0.919 bits per heavy atom. The van der Waals surface area contributed by atoms with E-state index < -0.39 is 0 Å². The summed E-state index contributed by atoms with van der Waals surface area (Å²) in [4.78, 5) is 5.06. The second-order valence-corrected chi connectivity index (χ2v) is 10.2. The van der Waals surface area contributed by atoms with Gasteiger partial charge in [-0.05, 0) is 72.6 Å². The van der Waals surface area contributed by atoms with Crippen LogP contribution in [0.25, 0.3) is 11.0 Å². The van der Waals surface area contributed by atoms with Gasteiger partial charge in [-0.3, -0.25) is 0 Å². The summed E-state index contributed by atoms with van der Waals surface area (Å²) in [6.45, 7) is 12.2. The maximum atomic E-state index is 6.08. The van der Waals surface area contributed by atoms with Gasteiger partial charge < -0.3 is 14.0 Å². The third kappa shape index (κ3) is 6.62. The summed E-state index contributed by atoms with van der Waals surface area (Å²) in [5, 5.41) is 0. The fourth-order valence-corrected chi connectivity index (χ4v) is 4.90. The molecule has 0 saturated heterocycles. The predicted molar refractivity (Wildman–Crippen MR) is 154 cm³/mol. The minimum absolute atomic E-state index is 0.218. The lowest BCUT2D eigenvalue weighted by Gasteiger charge is -2.16. The van der Waals surface area contributed by atoms with Crippen LogP contribution < -0.4 is 9.47 Å². The number of fused-ring (bicyclic) bond motifs is 1. The van der Waals surface area contributed by atoms with Crippen molar-refractivity contribution in [2.45, 2.75) is 58.9 Å². The Labute approximate surface area is 222 Å². The molecule has 37 heavy (non-hydrogen) atoms. The van der Waals surface area contributed by atoms with Crippen LogP contribution in [0.15, 0.2) is 79.4 Å². The summed E-state index contributed by atoms with van der Waals surface area (Å²) in [7, 11) is 1.69. The summed E-state index contributed by atoms with van der Waals surface area (Å²) >= 11 is 0. The van der Waals surface area contributed by atoms with Gasteiger partial charge in [0, 0.05) is 12.5 Å². The van der Waals surface area contributed by atoms with Crippen LogP contribution in [0.2, 0.25) is 0 Å². The van der Waals surface area contributed by atoms with E-state index in [2.05, 4.69) is 86.5 Å². The van der Waals surface area contributed by atoms with E-state index in [9.17, 15) is 0 Å². The molecule has 0 aliphatic carbocycles. The van der Waals surface area contributed by atoms with Gasteiger partial charge in [0.25, 0.3) is 0 Å². The Bertz CT molecular complexity index is 1300. The minimum Gasteiger partial charge on any atom is -0.493 e. The number of benzene rings is 3. The lowest BCUT2D eigenvalue weighted by molar-refractivity contribution is 0.283. The van der Waals surface area contributed by atoms with Gasteiger partial charge in [0.15, 0.2) is 11.5 Å². The summed E-state index contributed by atoms with van der Waals surface area (Å²) in [6.07, 6.45) is 5.77. The number of unbranched alkanes of at least 4 members (excludes halogenated alkanes) is 1. The van der Waals surface area contributed by atoms with Crippen molar-refractivity contribution in [1.29, 1.82) is 0 Å². The molecular weight excluding hydrogens is 456 g/mol. The van der Waals surface area contributed by atoms with Crippen LogP contribution in [0.3, 0.4) is 0 Å². The molecule has 3 aromatic carbocycles. The van der Waals surface area contributed by atoms with Gasteiger partial charge in [-0.25, -0.2) is 4.98 Å². The number of para-hydroxylation sites is 2. The molecule has 0 N–H and O–H groups in total. The molecule has 0 fully saturated rings. The molecule has 1 unspecified atom stereocenters. The molecule has 1 heterocycles. The molecular formula is C33H40N2O2. The zero-order chi connectivity index (χ0) is 26.2. The number of imidazole rings is 1. The van der Waals surface area contributed by atoms with E-state index in [4.69, 9.17) is 14.5 Å². The van der Waals surface area contributed by atoms with Crippen molar-refractivity contribution in [3.05, 3.63) is 102 Å². The van der Waals surface area contributed by atoms with Crippen LogP contribution in [0.1, 0.15) is 62.0 Å². The van der Waals surface area contributed by atoms with Crippen molar-refractivity contribution in [3.63, 3.8) is 0 Å². The highest BCUT2D eigenvalue weighted by Crippen LogP contribution is 2.30. The second kappa shape index (κ2) is 12.6. The van der Waals surface area contributed by atoms with Crippen molar-refractivity contribution < 1.29 is 9.47 Å². The first-order valence-corrected chi connectivity index (χ1v) is 13.4. The first kappa shape index (κ1) is 26.5. The summed E-state index contributed by atoms with van der Waals surface area (Å²) in [5.74, 6) is 3.57. The number of methoxy groups -OCH3 is 1. The van der Waals surface area contributed by atoms with Gasteiger partial charge in [-0.2, -0.15) is 0 Å². The molecule has 0 radical (unpaired) electrons. The summed E-state index contributed by atoms with van der Waals surface area (Å²) in [5.41, 5.74) is 6.12. The molecule has 0 saturated carbocycles. The van der Waals surface area contributed by atoms with Crippen molar-refractivity contribution >= 4 is 11.0 Å². The van der Waals surface area contributed by atoms with Gasteiger partial charge >= 0.3 is 0 Å². The van der Waals surface area contributed by atoms with Crippen molar-refractivity contribution in [1.82, 2.24) is 9.55 Å². The maximum Gasteiger partial charge on any atom is 0.161 e. The Hall–Kier alpha value is -3.53. The lowest BCUT2D eigenvalue weighted by atomic mass is 9.96. The molecule has 4 aromatic rings. The highest BCUT2D eigenvalue weighted by Gasteiger charge is 2.18. The Kier molecular flexibility index (Phi) is 9.05. The summed E-state index contributed by atoms with van der Waals surface area (Å²) in [6, 6.07) is 23.6. The topological polar surface area (TPSA) is 36.3 Å². The van der Waals surface area contributed by atoms with Gasteiger partial charge in [-0.15, -0.1) is 6.58 Å². The predicted octanol–water partition coefficient (Wildman–Crippen LogP) is 7.98. The first-order chi connectivity index (χ1) is 18.0. The fourth-order valence-electron chi connectivity index (χ4n) is 4.90. The van der Waals surface area contributed by atoms with E-state index in [1.807, 2.05) is 18.2 Å². The number of aryl methyl sites for hydroxylation is 1. The van der Waals surface area contributed by atoms with Crippen LogP contribution in [0, 0.1) is 5.92 Å². The van der Waals surface area contributed by atoms with Crippen LogP contribution in [0.5, 0.6) is 11.5 Å². The number of hydrogen-bond donors (Lipinski definition) is 0. The molecule has 1 atom stereocenters. The second-order valence-electron chi connectivity index (χ2n) is 10.2. The van der Waals surface area contributed by atoms with Crippen LogP contribution >= 0.6 is 0 Å². The minimum atomic E-state index is 0.218. The van der Waals surface area contributed by atoms with Gasteiger partial charge in [0.1, 0.15) is 5.82 Å². The van der Waals surface area contributed by atoms with E-state index >= 15 is 0 Å². The van der Waals surface area contributed by atoms with Crippen molar-refractivity contribution in [3.8, 4) is 11.5 Å². The number of allylic oxidation sites excluding steroid dienone is 1. The molecule has 0 aliphatic rings. The Balaban J connectivity index is 1.43. The average Bonchev–Trinajstić information content (AvgIpc) is 3.27. The van der Waals surface area contributed by atoms with E-state index in [0.717, 1.165) is 55.1 Å². The number of hydrogen-bond acceptors (Lipinski definition) is 3. The largest absolute Gasteiger partial charge is 0.493 e. The normalized spacial score (nSPS) is 12.1. The SMILES string of the molecule is C=CCc1ccc(OCCCCn2c(C(C)c3ccc(CC(C)C)cc3)nc3ccccc32)c(OC)c1. The highest BCUT2D eigenvalue weighted by atomic mass is 16.5. The molecule has 0 aliphatic heterocycles. The van der Waals surface area contributed by atoms with E-state index in [0.29, 0.717) is 12.5 Å². The number of rotatable bonds is 13. The van der Waals surface area contributed by atoms with Gasteiger partial charge in [0.2, 0.25) is 0 Å². The number of aromatic nitrogens is 2. The Morgan fingerprint density at radius 3 is 2.41 bits per heavy atom. The smallest absolute Gasteiger partial charge is 0.161 e. The van der Waals surface area contributed by atoms with Crippen molar-refractivity contribution in [2.75, 3.05) is 13.7 Å². The van der Waals surface area contributed by atoms with Crippen molar-refractivity contribution in [2.24, 2.45) is 5.92 Å². The fraction of sp³-hybridized carbons (Fsp3) is 0.364. The monoisotopic (exact) mass is 496 g/mol. The zero-order valence-corrected chi connectivity index (χ0v) is 22.7. The number of nitrogens with zero attached hydrogens (tertiary/aromatic N) is 2. The third-order valence-corrected chi connectivity index (χ3v) is 6.84. The van der Waals surface area contributed by atoms with E-state index in [-0.39, 0.29) is 5.92 Å². The van der Waals surface area contributed by atoms with E-state index in [1.165, 1.54) is 22.2 Å². The lowest BCUT2D eigenvalue weighted by Crippen LogP contribution is -2.10. The summed E-state index contributed by atoms with van der Waals surface area (Å²) < 4.78 is 14.0. The molecule has 0 amide bonds. The molecule has 4 nitrogen and oxygen atoms in total.